The van der Waals surface area contributed by atoms with Crippen LogP contribution in [0.3, 0.4) is 0 Å². The zero-order valence-electron chi connectivity index (χ0n) is 17.1. The first kappa shape index (κ1) is 23.0. The zero-order valence-corrected chi connectivity index (χ0v) is 19.4. The molecule has 0 atom stereocenters. The number of piperazine rings is 1. The second kappa shape index (κ2) is 11.6. The molecule has 0 bridgehead atoms. The van der Waals surface area contributed by atoms with Gasteiger partial charge < -0.3 is 20.4 Å². The first-order chi connectivity index (χ1) is 13.7. The maximum Gasteiger partial charge on any atom is 0.251 e. The molecular formula is C22H30IN5O. The molecule has 29 heavy (non-hydrogen) atoms. The van der Waals surface area contributed by atoms with Crippen LogP contribution in [-0.4, -0.2) is 63.1 Å². The molecule has 1 amide bonds. The molecule has 3 rings (SSSR count). The van der Waals surface area contributed by atoms with E-state index in [1.165, 1.54) is 5.69 Å². The number of carbonyl (C=O) groups is 1. The number of amides is 1. The fourth-order valence-corrected chi connectivity index (χ4v) is 3.39. The van der Waals surface area contributed by atoms with Crippen molar-refractivity contribution in [3.05, 3.63) is 65.7 Å². The minimum absolute atomic E-state index is 0. The van der Waals surface area contributed by atoms with E-state index in [1.807, 2.05) is 37.3 Å². The summed E-state index contributed by atoms with van der Waals surface area (Å²) in [7, 11) is 1.80. The molecule has 0 saturated carbocycles. The van der Waals surface area contributed by atoms with Crippen molar-refractivity contribution in [1.29, 1.82) is 0 Å². The molecule has 1 fully saturated rings. The van der Waals surface area contributed by atoms with Crippen molar-refractivity contribution in [3.8, 4) is 0 Å². The number of hydrogen-bond donors (Lipinski definition) is 2. The van der Waals surface area contributed by atoms with Crippen molar-refractivity contribution < 1.29 is 4.79 Å². The number of aliphatic imine (C=N–C) groups is 1. The van der Waals surface area contributed by atoms with Crippen molar-refractivity contribution in [2.45, 2.75) is 6.92 Å². The summed E-state index contributed by atoms with van der Waals surface area (Å²) in [6.45, 7) is 6.96. The van der Waals surface area contributed by atoms with Gasteiger partial charge in [0.2, 0.25) is 0 Å². The number of para-hydroxylation sites is 1. The largest absolute Gasteiger partial charge is 0.368 e. The third-order valence-corrected chi connectivity index (χ3v) is 4.89. The summed E-state index contributed by atoms with van der Waals surface area (Å²) < 4.78 is 0. The number of hydrogen-bond acceptors (Lipinski definition) is 3. The van der Waals surface area contributed by atoms with Crippen LogP contribution in [0, 0.1) is 6.92 Å². The molecule has 1 aliphatic rings. The third kappa shape index (κ3) is 6.62. The topological polar surface area (TPSA) is 60.0 Å². The van der Waals surface area contributed by atoms with Gasteiger partial charge in [-0.1, -0.05) is 35.9 Å². The van der Waals surface area contributed by atoms with Crippen molar-refractivity contribution in [1.82, 2.24) is 15.5 Å². The number of benzene rings is 2. The molecule has 156 valence electrons. The van der Waals surface area contributed by atoms with Gasteiger partial charge in [-0.2, -0.15) is 0 Å². The van der Waals surface area contributed by atoms with E-state index in [0.717, 1.165) is 37.7 Å². The van der Waals surface area contributed by atoms with Crippen LogP contribution in [0.5, 0.6) is 0 Å². The monoisotopic (exact) mass is 507 g/mol. The van der Waals surface area contributed by atoms with Gasteiger partial charge in [0.15, 0.2) is 5.96 Å². The molecule has 1 saturated heterocycles. The molecule has 2 aromatic rings. The van der Waals surface area contributed by atoms with E-state index in [1.54, 1.807) is 7.05 Å². The zero-order chi connectivity index (χ0) is 19.8. The van der Waals surface area contributed by atoms with Gasteiger partial charge in [0.25, 0.3) is 5.91 Å². The molecule has 0 radical (unpaired) electrons. The number of guanidine groups is 1. The highest BCUT2D eigenvalue weighted by Gasteiger charge is 2.19. The average Bonchev–Trinajstić information content (AvgIpc) is 2.74. The Labute approximate surface area is 190 Å². The minimum Gasteiger partial charge on any atom is -0.368 e. The number of aryl methyl sites for hydroxylation is 1. The first-order valence-corrected chi connectivity index (χ1v) is 9.78. The van der Waals surface area contributed by atoms with Crippen LogP contribution in [0.2, 0.25) is 0 Å². The lowest BCUT2D eigenvalue weighted by Crippen LogP contribution is -2.53. The molecule has 0 unspecified atom stereocenters. The quantitative estimate of drug-likeness (QED) is 0.283. The molecule has 2 aromatic carbocycles. The average molecular weight is 507 g/mol. The van der Waals surface area contributed by atoms with E-state index in [2.05, 4.69) is 49.7 Å². The molecule has 6 nitrogen and oxygen atoms in total. The summed E-state index contributed by atoms with van der Waals surface area (Å²) in [6.07, 6.45) is 0. The Kier molecular flexibility index (Phi) is 9.24. The van der Waals surface area contributed by atoms with Gasteiger partial charge in [-0.15, -0.1) is 24.0 Å². The number of anilines is 1. The third-order valence-electron chi connectivity index (χ3n) is 4.89. The fourth-order valence-electron chi connectivity index (χ4n) is 3.39. The Morgan fingerprint density at radius 3 is 2.31 bits per heavy atom. The smallest absolute Gasteiger partial charge is 0.251 e. The van der Waals surface area contributed by atoms with Gasteiger partial charge in [-0.25, -0.2) is 0 Å². The Morgan fingerprint density at radius 1 is 0.966 bits per heavy atom. The van der Waals surface area contributed by atoms with E-state index in [9.17, 15) is 4.79 Å². The number of nitrogens with one attached hydrogen (secondary N) is 2. The number of carbonyl (C=O) groups excluding carboxylic acids is 1. The highest BCUT2D eigenvalue weighted by molar-refractivity contribution is 14.0. The summed E-state index contributed by atoms with van der Waals surface area (Å²) in [5.41, 5.74) is 3.05. The Morgan fingerprint density at radius 2 is 1.66 bits per heavy atom. The summed E-state index contributed by atoms with van der Waals surface area (Å²) >= 11 is 0. The van der Waals surface area contributed by atoms with Gasteiger partial charge in [-0.05, 0) is 31.2 Å². The molecule has 0 aromatic heterocycles. The highest BCUT2D eigenvalue weighted by atomic mass is 127. The second-order valence-corrected chi connectivity index (χ2v) is 6.91. The lowest BCUT2D eigenvalue weighted by molar-refractivity contribution is 0.0954. The minimum atomic E-state index is -0.0445. The van der Waals surface area contributed by atoms with Crippen LogP contribution in [0.15, 0.2) is 59.6 Å². The van der Waals surface area contributed by atoms with Crippen molar-refractivity contribution >= 4 is 41.5 Å². The summed E-state index contributed by atoms with van der Waals surface area (Å²) in [5, 5.41) is 6.31. The van der Waals surface area contributed by atoms with Crippen molar-refractivity contribution in [2.75, 3.05) is 51.2 Å². The SMILES string of the molecule is CN=C(NCCNC(=O)c1cccc(C)c1)N1CCN(c2ccccc2)CC1.I. The van der Waals surface area contributed by atoms with Crippen LogP contribution in [0.1, 0.15) is 15.9 Å². The molecule has 2 N–H and O–H groups in total. The van der Waals surface area contributed by atoms with Gasteiger partial charge in [0, 0.05) is 57.6 Å². The highest BCUT2D eigenvalue weighted by Crippen LogP contribution is 2.15. The summed E-state index contributed by atoms with van der Waals surface area (Å²) in [4.78, 5) is 21.3. The number of rotatable bonds is 5. The van der Waals surface area contributed by atoms with Crippen molar-refractivity contribution in [2.24, 2.45) is 4.99 Å². The van der Waals surface area contributed by atoms with Gasteiger partial charge in [0.05, 0.1) is 0 Å². The molecule has 1 aliphatic heterocycles. The maximum atomic E-state index is 12.2. The maximum absolute atomic E-state index is 12.2. The fraction of sp³-hybridized carbons (Fsp3) is 0.364. The Bertz CT molecular complexity index is 804. The van der Waals surface area contributed by atoms with Crippen LogP contribution in [0.4, 0.5) is 5.69 Å². The van der Waals surface area contributed by atoms with E-state index in [-0.39, 0.29) is 29.9 Å². The lowest BCUT2D eigenvalue weighted by Gasteiger charge is -2.37. The number of nitrogens with zero attached hydrogens (tertiary/aromatic N) is 3. The predicted molar refractivity (Wildman–Crippen MR) is 131 cm³/mol. The molecule has 0 aliphatic carbocycles. The summed E-state index contributed by atoms with van der Waals surface area (Å²) in [6, 6.07) is 18.1. The summed E-state index contributed by atoms with van der Waals surface area (Å²) in [5.74, 6) is 0.842. The Hall–Kier alpha value is -2.29. The van der Waals surface area contributed by atoms with Gasteiger partial charge >= 0.3 is 0 Å². The van der Waals surface area contributed by atoms with Crippen LogP contribution >= 0.6 is 24.0 Å². The predicted octanol–water partition coefficient (Wildman–Crippen LogP) is 2.74. The molecule has 7 heteroatoms. The second-order valence-electron chi connectivity index (χ2n) is 6.91. The van der Waals surface area contributed by atoms with E-state index in [0.29, 0.717) is 18.7 Å². The van der Waals surface area contributed by atoms with E-state index >= 15 is 0 Å². The van der Waals surface area contributed by atoms with Crippen LogP contribution in [0.25, 0.3) is 0 Å². The molecule has 1 heterocycles. The number of halogens is 1. The van der Waals surface area contributed by atoms with Crippen LogP contribution < -0.4 is 15.5 Å². The van der Waals surface area contributed by atoms with E-state index < -0.39 is 0 Å². The van der Waals surface area contributed by atoms with Gasteiger partial charge in [0.1, 0.15) is 0 Å². The van der Waals surface area contributed by atoms with Crippen LogP contribution in [-0.2, 0) is 0 Å². The molecule has 0 spiro atoms. The molecular weight excluding hydrogens is 477 g/mol. The Balaban J connectivity index is 0.00000300. The van der Waals surface area contributed by atoms with E-state index in [4.69, 9.17) is 0 Å². The lowest BCUT2D eigenvalue weighted by atomic mass is 10.1. The standard InChI is InChI=1S/C22H29N5O.HI/c1-18-7-6-8-19(17-18)21(28)24-11-12-25-22(23-2)27-15-13-26(14-16-27)20-9-4-3-5-10-20;/h3-10,17H,11-16H2,1-2H3,(H,23,25)(H,24,28);1H. The van der Waals surface area contributed by atoms with Crippen molar-refractivity contribution in [3.63, 3.8) is 0 Å². The normalized spacial score (nSPS) is 14.2. The van der Waals surface area contributed by atoms with Gasteiger partial charge in [-0.3, -0.25) is 9.79 Å². The first-order valence-electron chi connectivity index (χ1n) is 9.78.